The predicted molar refractivity (Wildman–Crippen MR) is 97.3 cm³/mol. The Balaban J connectivity index is 1.68. The fraction of sp³-hybridized carbons (Fsp3) is 0.286. The Morgan fingerprint density at radius 1 is 1.14 bits per heavy atom. The van der Waals surface area contributed by atoms with Crippen molar-refractivity contribution in [1.82, 2.24) is 10.2 Å². The number of hydrogen-bond donors (Lipinski definition) is 2. The van der Waals surface area contributed by atoms with Crippen LogP contribution in [0.5, 0.6) is 0 Å². The van der Waals surface area contributed by atoms with E-state index in [-0.39, 0.29) is 6.54 Å². The fourth-order valence-corrected chi connectivity index (χ4v) is 4.36. The average Bonchev–Trinajstić information content (AvgIpc) is 3.09. The van der Waals surface area contributed by atoms with Crippen molar-refractivity contribution >= 4 is 17.8 Å². The highest BCUT2D eigenvalue weighted by Crippen LogP contribution is 2.48. The van der Waals surface area contributed by atoms with E-state index in [0.29, 0.717) is 5.56 Å². The Morgan fingerprint density at radius 3 is 2.39 bits per heavy atom. The molecule has 144 valence electrons. The summed E-state index contributed by atoms with van der Waals surface area (Å²) in [6, 6.07) is 13.8. The number of imide groups is 1. The number of nitrogens with one attached hydrogen (secondary N) is 1. The van der Waals surface area contributed by atoms with Crippen molar-refractivity contribution in [3.05, 3.63) is 71.5 Å². The summed E-state index contributed by atoms with van der Waals surface area (Å²) in [5.41, 5.74) is 0.00935. The van der Waals surface area contributed by atoms with Crippen LogP contribution in [0.1, 0.15) is 24.1 Å². The van der Waals surface area contributed by atoms with E-state index >= 15 is 0 Å². The lowest BCUT2D eigenvalue weighted by molar-refractivity contribution is -0.149. The van der Waals surface area contributed by atoms with E-state index in [1.165, 1.54) is 24.3 Å². The zero-order valence-corrected chi connectivity index (χ0v) is 15.1. The van der Waals surface area contributed by atoms with Gasteiger partial charge in [-0.25, -0.2) is 4.39 Å². The minimum Gasteiger partial charge on any atom is -0.481 e. The van der Waals surface area contributed by atoms with Crippen molar-refractivity contribution in [1.29, 1.82) is 0 Å². The van der Waals surface area contributed by atoms with Crippen LogP contribution < -0.4 is 5.32 Å². The largest absolute Gasteiger partial charge is 0.481 e. The highest BCUT2D eigenvalue weighted by Gasteiger charge is 2.67. The molecule has 0 saturated carbocycles. The first kappa shape index (κ1) is 18.3. The summed E-state index contributed by atoms with van der Waals surface area (Å²) < 4.78 is 13.1. The van der Waals surface area contributed by atoms with Gasteiger partial charge in [0.15, 0.2) is 0 Å². The van der Waals surface area contributed by atoms with Crippen LogP contribution in [0.2, 0.25) is 0 Å². The van der Waals surface area contributed by atoms with Gasteiger partial charge in [-0.15, -0.1) is 0 Å². The molecule has 2 heterocycles. The normalized spacial score (nSPS) is 29.2. The van der Waals surface area contributed by atoms with Gasteiger partial charge in [0.05, 0.1) is 18.4 Å². The van der Waals surface area contributed by atoms with Crippen molar-refractivity contribution in [2.24, 2.45) is 11.8 Å². The predicted octanol–water partition coefficient (Wildman–Crippen LogP) is 2.11. The first-order valence-electron chi connectivity index (χ1n) is 8.98. The van der Waals surface area contributed by atoms with E-state index < -0.39 is 47.0 Å². The SMILES string of the molecule is C[C@]12N[C@@H](c3ccccc3)[C@@H](C(=O)O)[C@H]1C(=O)N(Cc1ccc(F)cc1)C2=O. The molecule has 0 spiro atoms. The Bertz CT molecular complexity index is 947. The van der Waals surface area contributed by atoms with Gasteiger partial charge < -0.3 is 5.11 Å². The topological polar surface area (TPSA) is 86.7 Å². The molecule has 7 heteroatoms. The molecule has 6 nitrogen and oxygen atoms in total. The zero-order valence-electron chi connectivity index (χ0n) is 15.1. The van der Waals surface area contributed by atoms with Gasteiger partial charge in [-0.1, -0.05) is 42.5 Å². The number of halogens is 1. The number of carbonyl (C=O) groups is 3. The Hall–Kier alpha value is -3.06. The Labute approximate surface area is 161 Å². The molecular weight excluding hydrogens is 363 g/mol. The van der Waals surface area contributed by atoms with Crippen molar-refractivity contribution in [2.45, 2.75) is 25.0 Å². The molecule has 4 rings (SSSR count). The van der Waals surface area contributed by atoms with Gasteiger partial charge in [-0.05, 0) is 30.2 Å². The third-order valence-corrected chi connectivity index (χ3v) is 5.71. The molecule has 0 bridgehead atoms. The van der Waals surface area contributed by atoms with E-state index in [1.807, 2.05) is 6.07 Å². The molecule has 0 aromatic heterocycles. The van der Waals surface area contributed by atoms with Crippen molar-refractivity contribution in [2.75, 3.05) is 0 Å². The van der Waals surface area contributed by atoms with Crippen LogP contribution in [-0.4, -0.2) is 33.3 Å². The maximum atomic E-state index is 13.1. The van der Waals surface area contributed by atoms with Gasteiger partial charge in [0.25, 0.3) is 0 Å². The number of fused-ring (bicyclic) bond motifs is 1. The molecular formula is C21H19FN2O4. The van der Waals surface area contributed by atoms with Gasteiger partial charge in [0, 0.05) is 6.04 Å². The quantitative estimate of drug-likeness (QED) is 0.791. The van der Waals surface area contributed by atoms with Crippen LogP contribution in [0.25, 0.3) is 0 Å². The van der Waals surface area contributed by atoms with Gasteiger partial charge >= 0.3 is 5.97 Å². The number of aliphatic carboxylic acids is 1. The number of benzene rings is 2. The van der Waals surface area contributed by atoms with Crippen molar-refractivity contribution < 1.29 is 23.9 Å². The lowest BCUT2D eigenvalue weighted by Crippen LogP contribution is -2.48. The summed E-state index contributed by atoms with van der Waals surface area (Å²) >= 11 is 0. The number of carbonyl (C=O) groups excluding carboxylic acids is 2. The summed E-state index contributed by atoms with van der Waals surface area (Å²) in [6.45, 7) is 1.56. The van der Waals surface area contributed by atoms with Crippen LogP contribution in [0.4, 0.5) is 4.39 Å². The maximum absolute atomic E-state index is 13.1. The van der Waals surface area contributed by atoms with E-state index in [4.69, 9.17) is 0 Å². The van der Waals surface area contributed by atoms with Crippen molar-refractivity contribution in [3.8, 4) is 0 Å². The average molecular weight is 382 g/mol. The van der Waals surface area contributed by atoms with Gasteiger partial charge in [0.1, 0.15) is 11.4 Å². The molecule has 0 unspecified atom stereocenters. The molecule has 2 aliphatic heterocycles. The van der Waals surface area contributed by atoms with Gasteiger partial charge in [-0.2, -0.15) is 0 Å². The van der Waals surface area contributed by atoms with E-state index in [9.17, 15) is 23.9 Å². The summed E-state index contributed by atoms with van der Waals surface area (Å²) in [7, 11) is 0. The minimum absolute atomic E-state index is 0.0198. The number of likely N-dealkylation sites (tertiary alicyclic amines) is 1. The molecule has 2 N–H and O–H groups in total. The van der Waals surface area contributed by atoms with Crippen molar-refractivity contribution in [3.63, 3.8) is 0 Å². The fourth-order valence-electron chi connectivity index (χ4n) is 4.36. The highest BCUT2D eigenvalue weighted by atomic mass is 19.1. The summed E-state index contributed by atoms with van der Waals surface area (Å²) in [4.78, 5) is 39.3. The Morgan fingerprint density at radius 2 is 1.79 bits per heavy atom. The monoisotopic (exact) mass is 382 g/mol. The summed E-state index contributed by atoms with van der Waals surface area (Å²) in [5.74, 6) is -4.60. The Kier molecular flexibility index (Phi) is 4.27. The first-order chi connectivity index (χ1) is 13.3. The van der Waals surface area contributed by atoms with E-state index in [1.54, 1.807) is 31.2 Å². The molecule has 0 aliphatic carbocycles. The van der Waals surface area contributed by atoms with Crippen LogP contribution in [-0.2, 0) is 20.9 Å². The molecule has 2 fully saturated rings. The zero-order chi connectivity index (χ0) is 20.1. The smallest absolute Gasteiger partial charge is 0.309 e. The van der Waals surface area contributed by atoms with Crippen LogP contribution in [0.15, 0.2) is 54.6 Å². The molecule has 4 atom stereocenters. The van der Waals surface area contributed by atoms with Crippen LogP contribution in [0, 0.1) is 17.7 Å². The molecule has 28 heavy (non-hydrogen) atoms. The third-order valence-electron chi connectivity index (χ3n) is 5.71. The van der Waals surface area contributed by atoms with Gasteiger partial charge in [-0.3, -0.25) is 24.6 Å². The van der Waals surface area contributed by atoms with Crippen LogP contribution >= 0.6 is 0 Å². The minimum atomic E-state index is -1.30. The second kappa shape index (κ2) is 6.53. The molecule has 2 aliphatic rings. The summed E-state index contributed by atoms with van der Waals surface area (Å²) in [6.07, 6.45) is 0. The second-order valence-electron chi connectivity index (χ2n) is 7.43. The lowest BCUT2D eigenvalue weighted by atomic mass is 9.80. The molecule has 2 saturated heterocycles. The van der Waals surface area contributed by atoms with Gasteiger partial charge in [0.2, 0.25) is 11.8 Å². The standard InChI is InChI=1S/C21H19FN2O4/c1-21-16(15(19(26)27)17(23-21)13-5-3-2-4-6-13)18(25)24(20(21)28)11-12-7-9-14(22)10-8-12/h2-10,15-17,23H,11H2,1H3,(H,26,27)/t15-,16-,17-,21-/m0/s1. The molecule has 2 aromatic carbocycles. The second-order valence-corrected chi connectivity index (χ2v) is 7.43. The first-order valence-corrected chi connectivity index (χ1v) is 8.98. The molecule has 2 amide bonds. The van der Waals surface area contributed by atoms with E-state index in [2.05, 4.69) is 5.32 Å². The third kappa shape index (κ3) is 2.70. The molecule has 2 aromatic rings. The number of amides is 2. The van der Waals surface area contributed by atoms with E-state index in [0.717, 1.165) is 10.5 Å². The maximum Gasteiger partial charge on any atom is 0.309 e. The highest BCUT2D eigenvalue weighted by molar-refractivity contribution is 6.11. The van der Waals surface area contributed by atoms with Crippen LogP contribution in [0.3, 0.4) is 0 Å². The summed E-state index contributed by atoms with van der Waals surface area (Å²) in [5, 5.41) is 13.0. The lowest BCUT2D eigenvalue weighted by Gasteiger charge is -2.24. The number of carboxylic acid groups (broad SMARTS) is 1. The number of rotatable bonds is 4. The number of carboxylic acids is 1. The number of nitrogens with zero attached hydrogens (tertiary/aromatic N) is 1. The molecule has 0 radical (unpaired) electrons. The number of hydrogen-bond acceptors (Lipinski definition) is 4.